The Morgan fingerprint density at radius 1 is 1.46 bits per heavy atom. The van der Waals surface area contributed by atoms with Gasteiger partial charge < -0.3 is 11.1 Å². The summed E-state index contributed by atoms with van der Waals surface area (Å²) in [5.74, 6) is 0.732. The van der Waals surface area contributed by atoms with Crippen molar-refractivity contribution in [3.05, 3.63) is 16.7 Å². The number of aromatic nitrogens is 1. The van der Waals surface area contributed by atoms with Crippen LogP contribution in [0, 0.1) is 0 Å². The smallest absolute Gasteiger partial charge is 0.149 e. The number of halogens is 1. The standard InChI is InChI=1S/C9H14BrN3/c1-9(2,3)13-8-7(11)4-6(10)5-12-8/h4-5H,11H2,1-3H3,(H,12,13). The van der Waals surface area contributed by atoms with Crippen molar-refractivity contribution in [2.24, 2.45) is 0 Å². The summed E-state index contributed by atoms with van der Waals surface area (Å²) in [6.07, 6.45) is 1.73. The van der Waals surface area contributed by atoms with Gasteiger partial charge >= 0.3 is 0 Å². The van der Waals surface area contributed by atoms with Crippen LogP contribution < -0.4 is 11.1 Å². The molecule has 0 spiro atoms. The maximum atomic E-state index is 5.77. The first-order valence-electron chi connectivity index (χ1n) is 4.08. The third kappa shape index (κ3) is 3.22. The summed E-state index contributed by atoms with van der Waals surface area (Å²) in [5.41, 5.74) is 6.41. The molecule has 1 aromatic heterocycles. The number of hydrogen-bond donors (Lipinski definition) is 2. The lowest BCUT2D eigenvalue weighted by molar-refractivity contribution is 0.631. The van der Waals surface area contributed by atoms with Crippen LogP contribution >= 0.6 is 15.9 Å². The molecule has 0 aromatic carbocycles. The molecule has 0 amide bonds. The Kier molecular flexibility index (Phi) is 2.81. The minimum Gasteiger partial charge on any atom is -0.396 e. The first-order chi connectivity index (χ1) is 5.88. The van der Waals surface area contributed by atoms with Gasteiger partial charge in [-0.2, -0.15) is 0 Å². The number of hydrogen-bond acceptors (Lipinski definition) is 3. The van der Waals surface area contributed by atoms with Crippen LogP contribution in [-0.4, -0.2) is 10.5 Å². The van der Waals surface area contributed by atoms with Crippen LogP contribution in [0.1, 0.15) is 20.8 Å². The van der Waals surface area contributed by atoms with Gasteiger partial charge in [0.25, 0.3) is 0 Å². The molecule has 0 aliphatic rings. The van der Waals surface area contributed by atoms with E-state index in [9.17, 15) is 0 Å². The topological polar surface area (TPSA) is 50.9 Å². The van der Waals surface area contributed by atoms with E-state index in [2.05, 4.69) is 47.0 Å². The lowest BCUT2D eigenvalue weighted by Gasteiger charge is -2.22. The predicted octanol–water partition coefficient (Wildman–Crippen LogP) is 2.64. The monoisotopic (exact) mass is 243 g/mol. The molecule has 4 heteroatoms. The van der Waals surface area contributed by atoms with E-state index in [0.717, 1.165) is 10.3 Å². The van der Waals surface area contributed by atoms with E-state index in [1.165, 1.54) is 0 Å². The summed E-state index contributed by atoms with van der Waals surface area (Å²) in [4.78, 5) is 4.18. The van der Waals surface area contributed by atoms with Gasteiger partial charge in [-0.3, -0.25) is 0 Å². The van der Waals surface area contributed by atoms with Crippen LogP contribution in [0.15, 0.2) is 16.7 Å². The number of nitrogens with one attached hydrogen (secondary N) is 1. The first kappa shape index (κ1) is 10.3. The Morgan fingerprint density at radius 2 is 2.08 bits per heavy atom. The van der Waals surface area contributed by atoms with Crippen molar-refractivity contribution < 1.29 is 0 Å². The van der Waals surface area contributed by atoms with E-state index in [-0.39, 0.29) is 5.54 Å². The van der Waals surface area contributed by atoms with Gasteiger partial charge in [-0.1, -0.05) is 0 Å². The van der Waals surface area contributed by atoms with Crippen LogP contribution in [0.2, 0.25) is 0 Å². The highest BCUT2D eigenvalue weighted by Crippen LogP contribution is 2.22. The maximum absolute atomic E-state index is 5.77. The molecule has 0 saturated heterocycles. The van der Waals surface area contributed by atoms with Crippen LogP contribution in [0.3, 0.4) is 0 Å². The Balaban J connectivity index is 2.90. The number of nitrogen functional groups attached to an aromatic ring is 1. The second-order valence-corrected chi connectivity index (χ2v) is 4.88. The summed E-state index contributed by atoms with van der Waals surface area (Å²) in [5, 5.41) is 3.22. The quantitative estimate of drug-likeness (QED) is 0.798. The van der Waals surface area contributed by atoms with Crippen LogP contribution in [0.4, 0.5) is 11.5 Å². The van der Waals surface area contributed by atoms with Crippen molar-refractivity contribution in [1.82, 2.24) is 4.98 Å². The Labute approximate surface area is 86.9 Å². The predicted molar refractivity (Wildman–Crippen MR) is 59.7 cm³/mol. The number of pyridine rings is 1. The molecule has 13 heavy (non-hydrogen) atoms. The summed E-state index contributed by atoms with van der Waals surface area (Å²) < 4.78 is 0.893. The van der Waals surface area contributed by atoms with E-state index >= 15 is 0 Å². The minimum atomic E-state index is -0.0189. The molecular weight excluding hydrogens is 230 g/mol. The van der Waals surface area contributed by atoms with E-state index in [0.29, 0.717) is 5.69 Å². The molecule has 3 N–H and O–H groups in total. The van der Waals surface area contributed by atoms with Crippen molar-refractivity contribution in [3.8, 4) is 0 Å². The highest BCUT2D eigenvalue weighted by molar-refractivity contribution is 9.10. The average molecular weight is 244 g/mol. The molecule has 1 rings (SSSR count). The van der Waals surface area contributed by atoms with Crippen LogP contribution in [0.25, 0.3) is 0 Å². The van der Waals surface area contributed by atoms with E-state index in [1.54, 1.807) is 6.20 Å². The van der Waals surface area contributed by atoms with E-state index < -0.39 is 0 Å². The SMILES string of the molecule is CC(C)(C)Nc1ncc(Br)cc1N. The van der Waals surface area contributed by atoms with Gasteiger partial charge in [-0.15, -0.1) is 0 Å². The summed E-state index contributed by atoms with van der Waals surface area (Å²) >= 11 is 3.31. The van der Waals surface area contributed by atoms with E-state index in [1.807, 2.05) is 6.07 Å². The van der Waals surface area contributed by atoms with Gasteiger partial charge in [0.15, 0.2) is 0 Å². The molecule has 72 valence electrons. The maximum Gasteiger partial charge on any atom is 0.149 e. The summed E-state index contributed by atoms with van der Waals surface area (Å²) in [6, 6.07) is 1.83. The van der Waals surface area contributed by atoms with Crippen molar-refractivity contribution in [1.29, 1.82) is 0 Å². The molecule has 3 nitrogen and oxygen atoms in total. The number of nitrogens with zero attached hydrogens (tertiary/aromatic N) is 1. The third-order valence-electron chi connectivity index (χ3n) is 1.38. The van der Waals surface area contributed by atoms with Crippen LogP contribution in [-0.2, 0) is 0 Å². The molecule has 1 aromatic rings. The Morgan fingerprint density at radius 3 is 2.54 bits per heavy atom. The molecule has 0 radical (unpaired) electrons. The molecule has 0 aliphatic heterocycles. The zero-order valence-corrected chi connectivity index (χ0v) is 9.64. The molecule has 0 bridgehead atoms. The highest BCUT2D eigenvalue weighted by Gasteiger charge is 2.11. The van der Waals surface area contributed by atoms with Crippen molar-refractivity contribution in [3.63, 3.8) is 0 Å². The average Bonchev–Trinajstić information content (AvgIpc) is 1.93. The van der Waals surface area contributed by atoms with Gasteiger partial charge in [-0.25, -0.2) is 4.98 Å². The first-order valence-corrected chi connectivity index (χ1v) is 4.87. The molecule has 0 atom stereocenters. The largest absolute Gasteiger partial charge is 0.396 e. The molecule has 0 unspecified atom stereocenters. The van der Waals surface area contributed by atoms with Crippen molar-refractivity contribution in [2.45, 2.75) is 26.3 Å². The highest BCUT2D eigenvalue weighted by atomic mass is 79.9. The van der Waals surface area contributed by atoms with Gasteiger partial charge in [0.2, 0.25) is 0 Å². The van der Waals surface area contributed by atoms with Gasteiger partial charge in [0.1, 0.15) is 5.82 Å². The number of rotatable bonds is 1. The summed E-state index contributed by atoms with van der Waals surface area (Å²) in [6.45, 7) is 6.20. The lowest BCUT2D eigenvalue weighted by Crippen LogP contribution is -2.27. The fourth-order valence-electron chi connectivity index (χ4n) is 0.915. The van der Waals surface area contributed by atoms with Crippen molar-refractivity contribution in [2.75, 3.05) is 11.1 Å². The van der Waals surface area contributed by atoms with Crippen LogP contribution in [0.5, 0.6) is 0 Å². The zero-order chi connectivity index (χ0) is 10.1. The molecular formula is C9H14BrN3. The minimum absolute atomic E-state index is 0.0189. The molecule has 0 fully saturated rings. The van der Waals surface area contributed by atoms with Gasteiger partial charge in [0.05, 0.1) is 5.69 Å². The Hall–Kier alpha value is -0.770. The van der Waals surface area contributed by atoms with Gasteiger partial charge in [-0.05, 0) is 42.8 Å². The zero-order valence-electron chi connectivity index (χ0n) is 8.06. The molecule has 0 aliphatic carbocycles. The normalized spacial score (nSPS) is 11.4. The second-order valence-electron chi connectivity index (χ2n) is 3.97. The number of anilines is 2. The third-order valence-corrected chi connectivity index (χ3v) is 1.81. The molecule has 0 saturated carbocycles. The van der Waals surface area contributed by atoms with E-state index in [4.69, 9.17) is 5.73 Å². The molecule has 1 heterocycles. The van der Waals surface area contributed by atoms with Gasteiger partial charge in [0, 0.05) is 16.2 Å². The lowest BCUT2D eigenvalue weighted by atomic mass is 10.1. The fraction of sp³-hybridized carbons (Fsp3) is 0.444. The summed E-state index contributed by atoms with van der Waals surface area (Å²) in [7, 11) is 0. The van der Waals surface area contributed by atoms with Crippen molar-refractivity contribution >= 4 is 27.4 Å². The fourth-order valence-corrected chi connectivity index (χ4v) is 1.26. The number of nitrogens with two attached hydrogens (primary N) is 1. The Bertz CT molecular complexity index is 304. The second kappa shape index (κ2) is 3.54.